The SMILES string of the molecule is CC(=N)/C(NC=O)=C(/C)Nc1ccccc1. The van der Waals surface area contributed by atoms with Crippen LogP contribution in [0.4, 0.5) is 5.69 Å². The fourth-order valence-corrected chi connectivity index (χ4v) is 1.36. The number of amides is 1. The van der Waals surface area contributed by atoms with Crippen LogP contribution in [0.1, 0.15) is 13.8 Å². The number of allylic oxidation sites excluding steroid dienone is 2. The fraction of sp³-hybridized carbons (Fsp3) is 0.167. The van der Waals surface area contributed by atoms with Crippen LogP contribution < -0.4 is 10.6 Å². The van der Waals surface area contributed by atoms with Gasteiger partial charge in [0.25, 0.3) is 0 Å². The summed E-state index contributed by atoms with van der Waals surface area (Å²) in [5.41, 5.74) is 2.48. The number of benzene rings is 1. The number of nitrogens with one attached hydrogen (secondary N) is 3. The maximum atomic E-state index is 10.4. The summed E-state index contributed by atoms with van der Waals surface area (Å²) in [4.78, 5) is 10.4. The molecule has 0 saturated carbocycles. The molecule has 1 aromatic rings. The highest BCUT2D eigenvalue weighted by atomic mass is 16.1. The topological polar surface area (TPSA) is 65.0 Å². The van der Waals surface area contributed by atoms with Crippen molar-refractivity contribution in [2.45, 2.75) is 13.8 Å². The second-order valence-corrected chi connectivity index (χ2v) is 3.38. The van der Waals surface area contributed by atoms with E-state index in [2.05, 4.69) is 10.6 Å². The lowest BCUT2D eigenvalue weighted by atomic mass is 10.2. The highest BCUT2D eigenvalue weighted by molar-refractivity contribution is 5.97. The van der Waals surface area contributed by atoms with Crippen LogP contribution in [0.5, 0.6) is 0 Å². The highest BCUT2D eigenvalue weighted by Crippen LogP contribution is 2.10. The second-order valence-electron chi connectivity index (χ2n) is 3.38. The van der Waals surface area contributed by atoms with Crippen LogP contribution in [0.25, 0.3) is 0 Å². The molecular formula is C12H15N3O. The average molecular weight is 217 g/mol. The van der Waals surface area contributed by atoms with Gasteiger partial charge in [0.05, 0.1) is 11.4 Å². The van der Waals surface area contributed by atoms with Gasteiger partial charge in [-0.25, -0.2) is 0 Å². The van der Waals surface area contributed by atoms with E-state index in [1.807, 2.05) is 37.3 Å². The summed E-state index contributed by atoms with van der Waals surface area (Å²) in [7, 11) is 0. The number of rotatable bonds is 5. The molecule has 0 unspecified atom stereocenters. The Bertz CT molecular complexity index is 410. The number of para-hydroxylation sites is 1. The van der Waals surface area contributed by atoms with E-state index in [1.54, 1.807) is 6.92 Å². The van der Waals surface area contributed by atoms with E-state index < -0.39 is 0 Å². The zero-order valence-corrected chi connectivity index (χ0v) is 9.37. The van der Waals surface area contributed by atoms with Gasteiger partial charge in [0, 0.05) is 11.4 Å². The van der Waals surface area contributed by atoms with Gasteiger partial charge in [0.15, 0.2) is 0 Å². The maximum absolute atomic E-state index is 10.4. The molecule has 0 atom stereocenters. The first-order chi connectivity index (χ1) is 7.65. The molecular weight excluding hydrogens is 202 g/mol. The zero-order valence-electron chi connectivity index (χ0n) is 9.37. The van der Waals surface area contributed by atoms with Crippen LogP contribution >= 0.6 is 0 Å². The van der Waals surface area contributed by atoms with Crippen LogP contribution in [0.15, 0.2) is 41.7 Å². The first kappa shape index (κ1) is 12.0. The minimum Gasteiger partial charge on any atom is -0.357 e. The number of hydrogen-bond donors (Lipinski definition) is 3. The second kappa shape index (κ2) is 5.70. The number of carbonyl (C=O) groups excluding carboxylic acids is 1. The van der Waals surface area contributed by atoms with E-state index >= 15 is 0 Å². The molecule has 0 saturated heterocycles. The third-order valence-corrected chi connectivity index (χ3v) is 2.06. The molecule has 0 bridgehead atoms. The van der Waals surface area contributed by atoms with Crippen molar-refractivity contribution in [3.63, 3.8) is 0 Å². The third kappa shape index (κ3) is 3.24. The Morgan fingerprint density at radius 1 is 1.25 bits per heavy atom. The van der Waals surface area contributed by atoms with E-state index in [1.165, 1.54) is 0 Å². The van der Waals surface area contributed by atoms with Gasteiger partial charge in [-0.2, -0.15) is 0 Å². The smallest absolute Gasteiger partial charge is 0.211 e. The molecule has 0 fully saturated rings. The molecule has 0 spiro atoms. The van der Waals surface area contributed by atoms with Crippen LogP contribution in [-0.4, -0.2) is 12.1 Å². The molecule has 84 valence electrons. The molecule has 1 amide bonds. The number of carbonyl (C=O) groups is 1. The molecule has 1 aromatic carbocycles. The minimum atomic E-state index is 0.313. The van der Waals surface area contributed by atoms with E-state index in [4.69, 9.17) is 5.41 Å². The summed E-state index contributed by atoms with van der Waals surface area (Å²) < 4.78 is 0. The molecule has 1 rings (SSSR count). The molecule has 4 heteroatoms. The fourth-order valence-electron chi connectivity index (χ4n) is 1.36. The molecule has 0 aliphatic rings. The molecule has 0 aliphatic carbocycles. The Balaban J connectivity index is 2.89. The largest absolute Gasteiger partial charge is 0.357 e. The molecule has 0 heterocycles. The van der Waals surface area contributed by atoms with Crippen molar-refractivity contribution >= 4 is 17.8 Å². The molecule has 16 heavy (non-hydrogen) atoms. The van der Waals surface area contributed by atoms with Crippen LogP contribution in [-0.2, 0) is 4.79 Å². The molecule has 3 N–H and O–H groups in total. The van der Waals surface area contributed by atoms with Gasteiger partial charge < -0.3 is 16.0 Å². The lowest BCUT2D eigenvalue weighted by Crippen LogP contribution is -2.20. The van der Waals surface area contributed by atoms with Crippen molar-refractivity contribution in [3.8, 4) is 0 Å². The van der Waals surface area contributed by atoms with Crippen molar-refractivity contribution in [3.05, 3.63) is 41.7 Å². The molecule has 0 aromatic heterocycles. The van der Waals surface area contributed by atoms with Gasteiger partial charge in [-0.05, 0) is 26.0 Å². The Morgan fingerprint density at radius 3 is 2.38 bits per heavy atom. The average Bonchev–Trinajstić information content (AvgIpc) is 2.26. The lowest BCUT2D eigenvalue weighted by molar-refractivity contribution is -0.108. The molecule has 0 aliphatic heterocycles. The summed E-state index contributed by atoms with van der Waals surface area (Å²) in [5, 5.41) is 13.2. The van der Waals surface area contributed by atoms with E-state index in [0.29, 0.717) is 17.8 Å². The van der Waals surface area contributed by atoms with Crippen molar-refractivity contribution in [2.24, 2.45) is 0 Å². The Labute approximate surface area is 94.9 Å². The monoisotopic (exact) mass is 217 g/mol. The number of anilines is 1. The van der Waals surface area contributed by atoms with Crippen molar-refractivity contribution in [1.29, 1.82) is 5.41 Å². The van der Waals surface area contributed by atoms with Crippen molar-refractivity contribution in [2.75, 3.05) is 5.32 Å². The van der Waals surface area contributed by atoms with Gasteiger partial charge >= 0.3 is 0 Å². The van der Waals surface area contributed by atoms with Gasteiger partial charge in [-0.15, -0.1) is 0 Å². The zero-order chi connectivity index (χ0) is 12.0. The van der Waals surface area contributed by atoms with E-state index in [9.17, 15) is 4.79 Å². The third-order valence-electron chi connectivity index (χ3n) is 2.06. The summed E-state index contributed by atoms with van der Waals surface area (Å²) in [6.45, 7) is 3.44. The van der Waals surface area contributed by atoms with Crippen molar-refractivity contribution < 1.29 is 4.79 Å². The Kier molecular flexibility index (Phi) is 4.27. The highest BCUT2D eigenvalue weighted by Gasteiger charge is 2.04. The van der Waals surface area contributed by atoms with E-state index in [0.717, 1.165) is 11.4 Å². The van der Waals surface area contributed by atoms with Crippen LogP contribution in [0.3, 0.4) is 0 Å². The minimum absolute atomic E-state index is 0.313. The first-order valence-corrected chi connectivity index (χ1v) is 4.94. The number of hydrogen-bond acceptors (Lipinski definition) is 3. The molecule has 0 radical (unpaired) electrons. The lowest BCUT2D eigenvalue weighted by Gasteiger charge is -2.12. The predicted octanol–water partition coefficient (Wildman–Crippen LogP) is 2.12. The normalized spacial score (nSPS) is 11.4. The van der Waals surface area contributed by atoms with Crippen molar-refractivity contribution in [1.82, 2.24) is 5.32 Å². The standard InChI is InChI=1S/C12H15N3O/c1-9(13)12(14-8-16)10(2)15-11-6-4-3-5-7-11/h3-8,13,15H,1-2H3,(H,14,16)/b12-10+,13-9?. The first-order valence-electron chi connectivity index (χ1n) is 4.94. The summed E-state index contributed by atoms with van der Waals surface area (Å²) >= 11 is 0. The maximum Gasteiger partial charge on any atom is 0.211 e. The van der Waals surface area contributed by atoms with Gasteiger partial charge in [-0.3, -0.25) is 4.79 Å². The van der Waals surface area contributed by atoms with E-state index in [-0.39, 0.29) is 0 Å². The summed E-state index contributed by atoms with van der Waals surface area (Å²) in [6.07, 6.45) is 0.573. The summed E-state index contributed by atoms with van der Waals surface area (Å²) in [5.74, 6) is 0. The Morgan fingerprint density at radius 2 is 1.88 bits per heavy atom. The Hall–Kier alpha value is -2.10. The van der Waals surface area contributed by atoms with Gasteiger partial charge in [0.2, 0.25) is 6.41 Å². The molecule has 4 nitrogen and oxygen atoms in total. The summed E-state index contributed by atoms with van der Waals surface area (Å²) in [6, 6.07) is 9.60. The van der Waals surface area contributed by atoms with Gasteiger partial charge in [0.1, 0.15) is 0 Å². The van der Waals surface area contributed by atoms with Crippen LogP contribution in [0.2, 0.25) is 0 Å². The quantitative estimate of drug-likeness (QED) is 0.522. The van der Waals surface area contributed by atoms with Crippen LogP contribution in [0, 0.1) is 5.41 Å². The predicted molar refractivity (Wildman–Crippen MR) is 65.4 cm³/mol. The van der Waals surface area contributed by atoms with Gasteiger partial charge in [-0.1, -0.05) is 18.2 Å².